The zero-order chi connectivity index (χ0) is 13.4. The molecule has 0 rings (SSSR count). The van der Waals surface area contributed by atoms with E-state index in [2.05, 4.69) is 10.1 Å². The lowest BCUT2D eigenvalue weighted by molar-refractivity contribution is -0.154. The zero-order valence-corrected chi connectivity index (χ0v) is 11.3. The topological polar surface area (TPSA) is 64.6 Å². The molecule has 100 valence electrons. The summed E-state index contributed by atoms with van der Waals surface area (Å²) in [4.78, 5) is 22.6. The fraction of sp³-hybridized carbons (Fsp3) is 0.833. The van der Waals surface area contributed by atoms with Crippen LogP contribution in [-0.4, -0.2) is 31.3 Å². The summed E-state index contributed by atoms with van der Waals surface area (Å²) < 4.78 is 9.92. The Bertz CT molecular complexity index is 253. The fourth-order valence-corrected chi connectivity index (χ4v) is 0.937. The first-order valence-corrected chi connectivity index (χ1v) is 5.99. The van der Waals surface area contributed by atoms with Crippen molar-refractivity contribution in [3.8, 4) is 0 Å². The van der Waals surface area contributed by atoms with Gasteiger partial charge in [-0.15, -0.1) is 0 Å². The van der Waals surface area contributed by atoms with Crippen molar-refractivity contribution in [2.45, 2.75) is 40.7 Å². The van der Waals surface area contributed by atoms with Crippen molar-refractivity contribution in [3.05, 3.63) is 0 Å². The first-order valence-electron chi connectivity index (χ1n) is 5.99. The van der Waals surface area contributed by atoms with Gasteiger partial charge in [0.2, 0.25) is 0 Å². The molecule has 0 aliphatic carbocycles. The van der Waals surface area contributed by atoms with Gasteiger partial charge in [-0.2, -0.15) is 0 Å². The van der Waals surface area contributed by atoms with Gasteiger partial charge < -0.3 is 14.8 Å². The summed E-state index contributed by atoms with van der Waals surface area (Å²) in [6, 6.07) is 0. The Hall–Kier alpha value is -1.26. The third-order valence-electron chi connectivity index (χ3n) is 2.47. The van der Waals surface area contributed by atoms with E-state index in [1.807, 2.05) is 20.8 Å². The molecule has 0 heterocycles. The Labute approximate surface area is 103 Å². The Morgan fingerprint density at radius 1 is 1.18 bits per heavy atom. The second-order valence-corrected chi connectivity index (χ2v) is 4.39. The molecule has 0 aromatic heterocycles. The molecule has 0 bridgehead atoms. The van der Waals surface area contributed by atoms with Crippen LogP contribution in [0.1, 0.15) is 34.6 Å². The highest BCUT2D eigenvalue weighted by molar-refractivity contribution is 5.74. The van der Waals surface area contributed by atoms with Crippen molar-refractivity contribution in [1.82, 2.24) is 5.32 Å². The van der Waals surface area contributed by atoms with Crippen molar-refractivity contribution in [2.75, 3.05) is 13.2 Å². The third kappa shape index (κ3) is 6.81. The summed E-state index contributed by atoms with van der Waals surface area (Å²) in [5, 5.41) is 2.50. The maximum atomic E-state index is 11.6. The van der Waals surface area contributed by atoms with Gasteiger partial charge in [-0.05, 0) is 19.8 Å². The van der Waals surface area contributed by atoms with Crippen LogP contribution in [0, 0.1) is 11.8 Å². The van der Waals surface area contributed by atoms with E-state index < -0.39 is 6.09 Å². The molecule has 17 heavy (non-hydrogen) atoms. The number of nitrogens with one attached hydrogen (secondary N) is 1. The van der Waals surface area contributed by atoms with Crippen LogP contribution in [0.4, 0.5) is 4.79 Å². The van der Waals surface area contributed by atoms with Gasteiger partial charge in [0.05, 0.1) is 12.5 Å². The predicted octanol–water partition coefficient (Wildman–Crippen LogP) is 1.96. The number of ether oxygens (including phenoxy) is 2. The molecule has 0 aromatic rings. The molecule has 0 saturated heterocycles. The number of amides is 1. The van der Waals surface area contributed by atoms with Gasteiger partial charge in [-0.1, -0.05) is 20.8 Å². The molecular weight excluding hydrogens is 222 g/mol. The highest BCUT2D eigenvalue weighted by Gasteiger charge is 2.19. The molecule has 1 unspecified atom stereocenters. The number of carbonyl (C=O) groups is 2. The number of hydrogen-bond donors (Lipinski definition) is 1. The molecule has 2 atom stereocenters. The van der Waals surface area contributed by atoms with E-state index in [9.17, 15) is 9.59 Å². The predicted molar refractivity (Wildman–Crippen MR) is 64.6 cm³/mol. The summed E-state index contributed by atoms with van der Waals surface area (Å²) in [5.74, 6) is -0.396. The number of esters is 1. The average molecular weight is 245 g/mol. The van der Waals surface area contributed by atoms with Gasteiger partial charge in [-0.25, -0.2) is 4.79 Å². The minimum Gasteiger partial charge on any atom is -0.462 e. The van der Waals surface area contributed by atoms with E-state index in [0.717, 1.165) is 0 Å². The van der Waals surface area contributed by atoms with E-state index in [1.165, 1.54) is 0 Å². The van der Waals surface area contributed by atoms with Crippen molar-refractivity contribution < 1.29 is 19.1 Å². The number of alkyl carbamates (subject to hydrolysis) is 1. The number of carbonyl (C=O) groups excluding carboxylic acids is 2. The molecule has 0 aliphatic rings. The maximum absolute atomic E-state index is 11.6. The van der Waals surface area contributed by atoms with Crippen molar-refractivity contribution in [2.24, 2.45) is 11.8 Å². The van der Waals surface area contributed by atoms with Crippen LogP contribution in [-0.2, 0) is 14.3 Å². The van der Waals surface area contributed by atoms with Crippen LogP contribution in [0.25, 0.3) is 0 Å². The summed E-state index contributed by atoms with van der Waals surface area (Å²) in [5.41, 5.74) is 0. The average Bonchev–Trinajstić information content (AvgIpc) is 2.25. The summed E-state index contributed by atoms with van der Waals surface area (Å²) in [6.07, 6.45) is -0.628. The minimum atomic E-state index is -0.510. The number of rotatable bonds is 6. The van der Waals surface area contributed by atoms with Crippen LogP contribution in [0.3, 0.4) is 0 Å². The second kappa shape index (κ2) is 7.92. The summed E-state index contributed by atoms with van der Waals surface area (Å²) >= 11 is 0. The molecule has 0 aromatic carbocycles. The zero-order valence-electron chi connectivity index (χ0n) is 11.3. The normalized spacial score (nSPS) is 14.0. The summed E-state index contributed by atoms with van der Waals surface area (Å²) in [6.45, 7) is 9.80. The Balaban J connectivity index is 3.93. The first kappa shape index (κ1) is 15.7. The first-order chi connectivity index (χ1) is 7.88. The monoisotopic (exact) mass is 245 g/mol. The van der Waals surface area contributed by atoms with Gasteiger partial charge >= 0.3 is 12.1 Å². The van der Waals surface area contributed by atoms with Crippen LogP contribution < -0.4 is 5.32 Å². The molecule has 0 radical (unpaired) electrons. The van der Waals surface area contributed by atoms with Gasteiger partial charge in [0.15, 0.2) is 0 Å². The third-order valence-corrected chi connectivity index (χ3v) is 2.47. The van der Waals surface area contributed by atoms with E-state index in [-0.39, 0.29) is 30.5 Å². The Morgan fingerprint density at radius 2 is 1.76 bits per heavy atom. The molecule has 0 saturated carbocycles. The molecule has 5 heteroatoms. The van der Waals surface area contributed by atoms with Crippen molar-refractivity contribution in [1.29, 1.82) is 0 Å². The molecular formula is C12H23NO4. The lowest BCUT2D eigenvalue weighted by atomic mass is 10.1. The maximum Gasteiger partial charge on any atom is 0.407 e. The molecule has 1 amide bonds. The van der Waals surface area contributed by atoms with Crippen LogP contribution in [0.5, 0.6) is 0 Å². The van der Waals surface area contributed by atoms with Crippen LogP contribution >= 0.6 is 0 Å². The van der Waals surface area contributed by atoms with Crippen LogP contribution in [0.2, 0.25) is 0 Å². The van der Waals surface area contributed by atoms with Crippen molar-refractivity contribution in [3.63, 3.8) is 0 Å². The standard InChI is InChI=1S/C12H23NO4/c1-6-16-12(15)13-7-9(4)11(14)17-10(5)8(2)3/h8-10H,6-7H2,1-5H3,(H,13,15)/t9?,10-/m0/s1. The smallest absolute Gasteiger partial charge is 0.407 e. The van der Waals surface area contributed by atoms with E-state index in [1.54, 1.807) is 13.8 Å². The van der Waals surface area contributed by atoms with Gasteiger partial charge in [-0.3, -0.25) is 4.79 Å². The largest absolute Gasteiger partial charge is 0.462 e. The Morgan fingerprint density at radius 3 is 2.24 bits per heavy atom. The molecule has 0 fully saturated rings. The highest BCUT2D eigenvalue weighted by atomic mass is 16.6. The van der Waals surface area contributed by atoms with E-state index >= 15 is 0 Å². The molecule has 5 nitrogen and oxygen atoms in total. The minimum absolute atomic E-state index is 0.118. The SMILES string of the molecule is CCOC(=O)NCC(C)C(=O)O[C@@H](C)C(C)C. The lowest BCUT2D eigenvalue weighted by Crippen LogP contribution is -2.34. The highest BCUT2D eigenvalue weighted by Crippen LogP contribution is 2.08. The quantitative estimate of drug-likeness (QED) is 0.726. The van der Waals surface area contributed by atoms with E-state index in [0.29, 0.717) is 6.61 Å². The number of hydrogen-bond acceptors (Lipinski definition) is 4. The lowest BCUT2D eigenvalue weighted by Gasteiger charge is -2.19. The Kier molecular flexibility index (Phi) is 7.34. The van der Waals surface area contributed by atoms with Gasteiger partial charge in [0.25, 0.3) is 0 Å². The summed E-state index contributed by atoms with van der Waals surface area (Å²) in [7, 11) is 0. The molecule has 1 N–H and O–H groups in total. The van der Waals surface area contributed by atoms with Gasteiger partial charge in [0, 0.05) is 6.54 Å². The van der Waals surface area contributed by atoms with E-state index in [4.69, 9.17) is 4.74 Å². The fourth-order valence-electron chi connectivity index (χ4n) is 0.937. The van der Waals surface area contributed by atoms with Crippen LogP contribution in [0.15, 0.2) is 0 Å². The molecule has 0 spiro atoms. The molecule has 0 aliphatic heterocycles. The van der Waals surface area contributed by atoms with Crippen molar-refractivity contribution >= 4 is 12.1 Å². The second-order valence-electron chi connectivity index (χ2n) is 4.39. The van der Waals surface area contributed by atoms with Gasteiger partial charge in [0.1, 0.15) is 6.10 Å².